The van der Waals surface area contributed by atoms with E-state index in [0.29, 0.717) is 18.1 Å². The molecule has 6 nitrogen and oxygen atoms in total. The van der Waals surface area contributed by atoms with Crippen LogP contribution in [0.1, 0.15) is 56.6 Å². The van der Waals surface area contributed by atoms with Crippen LogP contribution in [0.2, 0.25) is 0 Å². The summed E-state index contributed by atoms with van der Waals surface area (Å²) < 4.78 is 6.13. The van der Waals surface area contributed by atoms with Gasteiger partial charge in [-0.1, -0.05) is 41.7 Å². The predicted octanol–water partition coefficient (Wildman–Crippen LogP) is 4.11. The van der Waals surface area contributed by atoms with Crippen LogP contribution in [0.25, 0.3) is 0 Å². The quantitative estimate of drug-likeness (QED) is 0.667. The molecule has 3 fully saturated rings. The van der Waals surface area contributed by atoms with E-state index in [9.17, 15) is 4.79 Å². The zero-order chi connectivity index (χ0) is 20.3. The summed E-state index contributed by atoms with van der Waals surface area (Å²) >= 11 is 1.57. The Morgan fingerprint density at radius 1 is 1.17 bits per heavy atom. The van der Waals surface area contributed by atoms with Gasteiger partial charge < -0.3 is 15.4 Å². The zero-order valence-electron chi connectivity index (χ0n) is 17.2. The molecule has 2 aromatic rings. The van der Waals surface area contributed by atoms with Crippen molar-refractivity contribution in [3.05, 3.63) is 47.5 Å². The van der Waals surface area contributed by atoms with Crippen LogP contribution in [-0.4, -0.2) is 46.7 Å². The van der Waals surface area contributed by atoms with E-state index in [4.69, 9.17) is 4.74 Å². The molecule has 2 saturated heterocycles. The molecule has 7 heteroatoms. The Bertz CT molecular complexity index is 813. The highest BCUT2D eigenvalue weighted by Gasteiger charge is 2.41. The summed E-state index contributed by atoms with van der Waals surface area (Å²) in [6.07, 6.45) is 9.84. The number of ether oxygens (including phenoxy) is 1. The number of carbonyl (C=O) groups is 1. The van der Waals surface area contributed by atoms with Gasteiger partial charge >= 0.3 is 6.03 Å². The van der Waals surface area contributed by atoms with Crippen LogP contribution in [0, 0.1) is 0 Å². The molecule has 0 radical (unpaired) electrons. The maximum Gasteiger partial charge on any atom is 0.315 e. The molecule has 3 unspecified atom stereocenters. The number of carbonyl (C=O) groups excluding carboxylic acids is 1. The molecule has 1 aromatic heterocycles. The number of piperidine rings is 1. The Labute approximate surface area is 182 Å². The van der Waals surface area contributed by atoms with E-state index >= 15 is 0 Å². The number of hydrogen-bond donors (Lipinski definition) is 2. The number of hydrogen-bond acceptors (Lipinski definition) is 5. The Morgan fingerprint density at radius 2 is 1.93 bits per heavy atom. The Balaban J connectivity index is 1.19. The molecule has 5 rings (SSSR count). The SMILES string of the molecule is O=C(NC1CC1)NC(CCN1C2CCC1CC(Oc1nccs1)C2)c1ccccc1. The second-order valence-electron chi connectivity index (χ2n) is 8.78. The van der Waals surface area contributed by atoms with E-state index < -0.39 is 0 Å². The highest BCUT2D eigenvalue weighted by molar-refractivity contribution is 7.11. The molecule has 30 heavy (non-hydrogen) atoms. The van der Waals surface area contributed by atoms with Gasteiger partial charge in [-0.15, -0.1) is 0 Å². The zero-order valence-corrected chi connectivity index (χ0v) is 18.0. The van der Waals surface area contributed by atoms with Crippen LogP contribution in [0.15, 0.2) is 41.9 Å². The summed E-state index contributed by atoms with van der Waals surface area (Å²) in [6.45, 7) is 1.00. The summed E-state index contributed by atoms with van der Waals surface area (Å²) in [6, 6.07) is 11.9. The van der Waals surface area contributed by atoms with Crippen LogP contribution in [0.4, 0.5) is 4.79 Å². The summed E-state index contributed by atoms with van der Waals surface area (Å²) in [5, 5.41) is 9.05. The first kappa shape index (κ1) is 19.8. The fraction of sp³-hybridized carbons (Fsp3) is 0.565. The normalized spacial score (nSPS) is 26.9. The van der Waals surface area contributed by atoms with Gasteiger partial charge in [-0.25, -0.2) is 9.78 Å². The maximum atomic E-state index is 12.4. The first-order valence-corrected chi connectivity index (χ1v) is 12.1. The van der Waals surface area contributed by atoms with Gasteiger partial charge in [0.05, 0.1) is 6.04 Å². The maximum absolute atomic E-state index is 12.4. The topological polar surface area (TPSA) is 66.5 Å². The minimum absolute atomic E-state index is 0.0358. The van der Waals surface area contributed by atoms with Gasteiger partial charge in [0.25, 0.3) is 5.19 Å². The Morgan fingerprint density at radius 3 is 2.60 bits per heavy atom. The molecular formula is C23H30N4O2S. The van der Waals surface area contributed by atoms with E-state index in [0.717, 1.165) is 43.8 Å². The lowest BCUT2D eigenvalue weighted by atomic mass is 9.97. The number of aromatic nitrogens is 1. The number of urea groups is 1. The lowest BCUT2D eigenvalue weighted by molar-refractivity contribution is 0.0471. The predicted molar refractivity (Wildman–Crippen MR) is 118 cm³/mol. The molecule has 2 bridgehead atoms. The van der Waals surface area contributed by atoms with Crippen molar-refractivity contribution in [2.24, 2.45) is 0 Å². The van der Waals surface area contributed by atoms with Crippen molar-refractivity contribution < 1.29 is 9.53 Å². The van der Waals surface area contributed by atoms with Gasteiger partial charge in [-0.2, -0.15) is 0 Å². The average molecular weight is 427 g/mol. The second-order valence-corrected chi connectivity index (χ2v) is 9.63. The molecule has 1 aromatic carbocycles. The average Bonchev–Trinajstić information content (AvgIpc) is 3.35. The Hall–Kier alpha value is -2.12. The molecule has 3 aliphatic rings. The highest BCUT2D eigenvalue weighted by atomic mass is 32.1. The van der Waals surface area contributed by atoms with Gasteiger partial charge in [0.15, 0.2) is 0 Å². The third kappa shape index (κ3) is 4.78. The summed E-state index contributed by atoms with van der Waals surface area (Å²) in [4.78, 5) is 19.4. The molecule has 0 spiro atoms. The van der Waals surface area contributed by atoms with E-state index in [1.165, 1.54) is 18.4 Å². The number of rotatable bonds is 8. The first-order chi connectivity index (χ1) is 14.7. The van der Waals surface area contributed by atoms with E-state index in [1.807, 2.05) is 23.6 Å². The summed E-state index contributed by atoms with van der Waals surface area (Å²) in [5.74, 6) is 0. The number of amides is 2. The van der Waals surface area contributed by atoms with Gasteiger partial charge in [0, 0.05) is 36.2 Å². The van der Waals surface area contributed by atoms with Crippen molar-refractivity contribution in [3.8, 4) is 5.19 Å². The third-order valence-corrected chi connectivity index (χ3v) is 7.28. The van der Waals surface area contributed by atoms with E-state index in [2.05, 4.69) is 32.7 Å². The Kier molecular flexibility index (Phi) is 5.91. The van der Waals surface area contributed by atoms with Crippen molar-refractivity contribution in [2.75, 3.05) is 6.54 Å². The molecule has 2 amide bonds. The third-order valence-electron chi connectivity index (χ3n) is 6.61. The van der Waals surface area contributed by atoms with Crippen molar-refractivity contribution >= 4 is 17.4 Å². The standard InChI is InChI=1S/C23H30N4O2S/c28-22(25-17-6-7-17)26-21(16-4-2-1-3-5-16)10-12-27-18-8-9-19(27)15-20(14-18)29-23-24-11-13-30-23/h1-5,11,13,17-21H,6-10,12,14-15H2,(H2,25,26,28). The fourth-order valence-corrected chi connectivity index (χ4v) is 5.55. The number of fused-ring (bicyclic) bond motifs is 2. The minimum atomic E-state index is -0.0371. The first-order valence-electron chi connectivity index (χ1n) is 11.2. The number of nitrogens with zero attached hydrogens (tertiary/aromatic N) is 2. The molecular weight excluding hydrogens is 396 g/mol. The lowest BCUT2D eigenvalue weighted by Crippen LogP contribution is -2.47. The van der Waals surface area contributed by atoms with Crippen LogP contribution < -0.4 is 15.4 Å². The smallest absolute Gasteiger partial charge is 0.315 e. The van der Waals surface area contributed by atoms with Crippen molar-refractivity contribution in [3.63, 3.8) is 0 Å². The molecule has 2 N–H and O–H groups in total. The molecule has 1 aliphatic carbocycles. The van der Waals surface area contributed by atoms with Gasteiger partial charge in [-0.3, -0.25) is 4.90 Å². The molecule has 160 valence electrons. The summed E-state index contributed by atoms with van der Waals surface area (Å²) in [5.41, 5.74) is 1.18. The summed E-state index contributed by atoms with van der Waals surface area (Å²) in [7, 11) is 0. The highest BCUT2D eigenvalue weighted by Crippen LogP contribution is 2.38. The number of benzene rings is 1. The molecule has 1 saturated carbocycles. The largest absolute Gasteiger partial charge is 0.467 e. The van der Waals surface area contributed by atoms with Crippen LogP contribution in [-0.2, 0) is 0 Å². The van der Waals surface area contributed by atoms with Gasteiger partial charge in [-0.05, 0) is 50.5 Å². The van der Waals surface area contributed by atoms with Crippen molar-refractivity contribution in [2.45, 2.75) is 75.2 Å². The van der Waals surface area contributed by atoms with Crippen LogP contribution in [0.5, 0.6) is 5.19 Å². The number of thiazole rings is 1. The second kappa shape index (κ2) is 8.94. The molecule has 3 atom stereocenters. The van der Waals surface area contributed by atoms with Crippen LogP contribution >= 0.6 is 11.3 Å². The fourth-order valence-electron chi connectivity index (χ4n) is 5.00. The van der Waals surface area contributed by atoms with E-state index in [1.54, 1.807) is 17.5 Å². The number of nitrogens with one attached hydrogen (secondary N) is 2. The van der Waals surface area contributed by atoms with E-state index in [-0.39, 0.29) is 18.2 Å². The van der Waals surface area contributed by atoms with Crippen LogP contribution in [0.3, 0.4) is 0 Å². The lowest BCUT2D eigenvalue weighted by Gasteiger charge is -2.39. The molecule has 3 heterocycles. The van der Waals surface area contributed by atoms with Crippen molar-refractivity contribution in [1.82, 2.24) is 20.5 Å². The van der Waals surface area contributed by atoms with Crippen molar-refractivity contribution in [1.29, 1.82) is 0 Å². The minimum Gasteiger partial charge on any atom is -0.467 e. The van der Waals surface area contributed by atoms with Gasteiger partial charge in [0.1, 0.15) is 6.10 Å². The molecule has 2 aliphatic heterocycles. The monoisotopic (exact) mass is 426 g/mol. The van der Waals surface area contributed by atoms with Gasteiger partial charge in [0.2, 0.25) is 0 Å².